The predicted molar refractivity (Wildman–Crippen MR) is 126 cm³/mol. The summed E-state index contributed by atoms with van der Waals surface area (Å²) in [6.07, 6.45) is 2.38. The molecule has 0 aliphatic heterocycles. The average molecular weight is 458 g/mol. The van der Waals surface area contributed by atoms with E-state index in [1.165, 1.54) is 11.8 Å². The van der Waals surface area contributed by atoms with Crippen molar-refractivity contribution < 1.29 is 14.3 Å². The van der Waals surface area contributed by atoms with E-state index in [1.807, 2.05) is 59.7 Å². The first-order valence-corrected chi connectivity index (χ1v) is 11.0. The molecule has 0 bridgehead atoms. The Hall–Kier alpha value is -2.78. The highest BCUT2D eigenvalue weighted by Gasteiger charge is 2.63. The summed E-state index contributed by atoms with van der Waals surface area (Å²) in [4.78, 5) is 14.7. The van der Waals surface area contributed by atoms with Crippen molar-refractivity contribution in [2.75, 3.05) is 0 Å². The smallest absolute Gasteiger partial charge is 0.207 e. The summed E-state index contributed by atoms with van der Waals surface area (Å²) < 4.78 is 11.5. The molecule has 1 aliphatic carbocycles. The number of hydrogen-bond donors (Lipinski definition) is 1. The van der Waals surface area contributed by atoms with Crippen molar-refractivity contribution in [2.45, 2.75) is 66.7 Å². The van der Waals surface area contributed by atoms with Crippen molar-refractivity contribution in [2.24, 2.45) is 10.8 Å². The Balaban J connectivity index is 0.000000278. The molecule has 0 unspecified atom stereocenters. The van der Waals surface area contributed by atoms with Crippen LogP contribution in [-0.2, 0) is 4.79 Å². The fourth-order valence-corrected chi connectivity index (χ4v) is 4.72. The van der Waals surface area contributed by atoms with E-state index in [0.717, 1.165) is 12.2 Å². The molecule has 2 aromatic rings. The number of amides is 1. The molecule has 1 N–H and O–H groups in total. The molecule has 172 valence electrons. The zero-order valence-corrected chi connectivity index (χ0v) is 20.5. The van der Waals surface area contributed by atoms with E-state index >= 15 is 0 Å². The number of aryl methyl sites for hydroxylation is 1. The Labute approximate surface area is 195 Å². The van der Waals surface area contributed by atoms with Gasteiger partial charge in [-0.25, -0.2) is 4.98 Å². The number of carbonyl (C=O) groups is 1. The van der Waals surface area contributed by atoms with Gasteiger partial charge in [-0.1, -0.05) is 57.0 Å². The van der Waals surface area contributed by atoms with Gasteiger partial charge in [-0.3, -0.25) is 4.79 Å². The van der Waals surface area contributed by atoms with E-state index in [4.69, 9.17) is 26.3 Å². The second kappa shape index (κ2) is 10.2. The number of nitrogens with zero attached hydrogens (tertiary/aromatic N) is 2. The summed E-state index contributed by atoms with van der Waals surface area (Å²) in [6.45, 7) is 14.3. The lowest BCUT2D eigenvalue weighted by Gasteiger charge is -2.62. The fourth-order valence-electron chi connectivity index (χ4n) is 4.52. The van der Waals surface area contributed by atoms with Gasteiger partial charge in [0, 0.05) is 22.9 Å². The number of halogens is 1. The van der Waals surface area contributed by atoms with Crippen molar-refractivity contribution in [1.82, 2.24) is 10.3 Å². The van der Waals surface area contributed by atoms with Crippen LogP contribution in [0.15, 0.2) is 36.5 Å². The molecule has 1 aromatic heterocycles. The van der Waals surface area contributed by atoms with Gasteiger partial charge in [0.05, 0.1) is 17.3 Å². The Morgan fingerprint density at radius 3 is 2.22 bits per heavy atom. The van der Waals surface area contributed by atoms with Gasteiger partial charge in [-0.2, -0.15) is 5.26 Å². The average Bonchev–Trinajstić information content (AvgIpc) is 2.72. The van der Waals surface area contributed by atoms with Crippen molar-refractivity contribution >= 4 is 18.0 Å². The Morgan fingerprint density at radius 2 is 1.75 bits per heavy atom. The van der Waals surface area contributed by atoms with E-state index in [9.17, 15) is 4.79 Å². The molecular formula is C25H32ClN3O3. The first-order chi connectivity index (χ1) is 14.9. The summed E-state index contributed by atoms with van der Waals surface area (Å²) in [5.74, 6) is 1.47. The van der Waals surface area contributed by atoms with Gasteiger partial charge < -0.3 is 14.8 Å². The number of pyridine rings is 1. The summed E-state index contributed by atoms with van der Waals surface area (Å²) in [7, 11) is 0. The van der Waals surface area contributed by atoms with E-state index in [2.05, 4.69) is 29.4 Å². The van der Waals surface area contributed by atoms with Crippen molar-refractivity contribution in [3.8, 4) is 17.6 Å². The van der Waals surface area contributed by atoms with Gasteiger partial charge in [0.15, 0.2) is 5.69 Å². The SMILES string of the molecule is CC1(C)C(NC=O)C(C)(C)C1Oc1cnc(C#N)c(Cl)c1.Cc1ccc(OC(C)C)cc1. The molecule has 1 heterocycles. The highest BCUT2D eigenvalue weighted by atomic mass is 35.5. The van der Waals surface area contributed by atoms with Crippen LogP contribution in [0.5, 0.6) is 11.5 Å². The molecule has 1 aliphatic rings. The molecule has 1 fully saturated rings. The van der Waals surface area contributed by atoms with E-state index < -0.39 is 0 Å². The van der Waals surface area contributed by atoms with Gasteiger partial charge in [0.1, 0.15) is 23.7 Å². The normalized spacial score (nSPS) is 20.1. The number of rotatable bonds is 6. The standard InChI is InChI=1S/C15H18ClN3O2.C10H14O/c1-14(2)12(19-8-20)15(3,4)13(14)21-9-5-10(16)11(6-17)18-7-9;1-8(2)11-10-6-4-9(3)5-7-10/h5,7-8,12-13H,1-4H3,(H,19,20);4-8H,1-3H3. The van der Waals surface area contributed by atoms with E-state index in [0.29, 0.717) is 5.75 Å². The maximum Gasteiger partial charge on any atom is 0.207 e. The summed E-state index contributed by atoms with van der Waals surface area (Å²) in [6, 6.07) is 11.6. The van der Waals surface area contributed by atoms with Gasteiger partial charge in [-0.15, -0.1) is 0 Å². The molecule has 1 saturated carbocycles. The Kier molecular flexibility index (Phi) is 8.14. The van der Waals surface area contributed by atoms with Gasteiger partial charge >= 0.3 is 0 Å². The van der Waals surface area contributed by atoms with Crippen molar-refractivity contribution in [1.29, 1.82) is 5.26 Å². The monoisotopic (exact) mass is 457 g/mol. The lowest BCUT2D eigenvalue weighted by molar-refractivity contribution is -0.170. The third-order valence-electron chi connectivity index (χ3n) is 5.64. The quantitative estimate of drug-likeness (QED) is 0.593. The third-order valence-corrected chi connectivity index (χ3v) is 5.93. The van der Waals surface area contributed by atoms with Crippen LogP contribution in [0.3, 0.4) is 0 Å². The minimum atomic E-state index is -0.217. The van der Waals surface area contributed by atoms with Crippen LogP contribution in [0, 0.1) is 29.1 Å². The molecule has 3 rings (SSSR count). The maximum absolute atomic E-state index is 10.8. The fraction of sp³-hybridized carbons (Fsp3) is 0.480. The molecule has 0 atom stereocenters. The Morgan fingerprint density at radius 1 is 1.16 bits per heavy atom. The lowest BCUT2D eigenvalue weighted by atomic mass is 9.49. The van der Waals surface area contributed by atoms with E-state index in [-0.39, 0.29) is 39.8 Å². The molecule has 0 spiro atoms. The number of aromatic nitrogens is 1. The maximum atomic E-state index is 10.8. The highest BCUT2D eigenvalue weighted by Crippen LogP contribution is 2.55. The number of benzene rings is 1. The summed E-state index contributed by atoms with van der Waals surface area (Å²) >= 11 is 5.97. The highest BCUT2D eigenvalue weighted by molar-refractivity contribution is 6.31. The molecule has 0 saturated heterocycles. The summed E-state index contributed by atoms with van der Waals surface area (Å²) in [5.41, 5.74) is 1.01. The third kappa shape index (κ3) is 5.72. The van der Waals surface area contributed by atoms with Crippen LogP contribution in [0.2, 0.25) is 5.02 Å². The van der Waals surface area contributed by atoms with Crippen molar-refractivity contribution in [3.05, 3.63) is 52.8 Å². The zero-order chi connectivity index (χ0) is 24.1. The zero-order valence-electron chi connectivity index (χ0n) is 19.8. The largest absolute Gasteiger partial charge is 0.491 e. The van der Waals surface area contributed by atoms with Crippen LogP contribution < -0.4 is 14.8 Å². The number of nitriles is 1. The van der Waals surface area contributed by atoms with Crippen LogP contribution in [0.4, 0.5) is 0 Å². The molecule has 0 radical (unpaired) electrons. The van der Waals surface area contributed by atoms with Crippen LogP contribution in [0.1, 0.15) is 52.8 Å². The second-order valence-corrected chi connectivity index (χ2v) is 9.86. The number of ether oxygens (including phenoxy) is 2. The topological polar surface area (TPSA) is 84.2 Å². The van der Waals surface area contributed by atoms with Gasteiger partial charge in [0.2, 0.25) is 6.41 Å². The van der Waals surface area contributed by atoms with Crippen molar-refractivity contribution in [3.63, 3.8) is 0 Å². The summed E-state index contributed by atoms with van der Waals surface area (Å²) in [5, 5.41) is 12.0. The van der Waals surface area contributed by atoms with E-state index in [1.54, 1.807) is 6.07 Å². The molecule has 7 heteroatoms. The number of nitrogens with one attached hydrogen (secondary N) is 1. The molecule has 6 nitrogen and oxygen atoms in total. The van der Waals surface area contributed by atoms with Gasteiger partial charge in [0.25, 0.3) is 0 Å². The minimum absolute atomic E-state index is 0.0225. The first kappa shape index (κ1) is 25.5. The number of carbonyl (C=O) groups excluding carboxylic acids is 1. The minimum Gasteiger partial charge on any atom is -0.491 e. The van der Waals surface area contributed by atoms with Crippen LogP contribution >= 0.6 is 11.6 Å². The molecule has 1 aromatic carbocycles. The molecule has 32 heavy (non-hydrogen) atoms. The van der Waals surface area contributed by atoms with Crippen LogP contribution in [0.25, 0.3) is 0 Å². The first-order valence-electron chi connectivity index (χ1n) is 10.6. The van der Waals surface area contributed by atoms with Gasteiger partial charge in [-0.05, 0) is 32.9 Å². The predicted octanol–water partition coefficient (Wildman–Crippen LogP) is 5.32. The number of hydrogen-bond acceptors (Lipinski definition) is 5. The Bertz CT molecular complexity index is 949. The lowest BCUT2D eigenvalue weighted by Crippen LogP contribution is -2.73. The second-order valence-electron chi connectivity index (χ2n) is 9.45. The van der Waals surface area contributed by atoms with Crippen LogP contribution in [-0.4, -0.2) is 29.6 Å². The molecule has 1 amide bonds. The molecular weight excluding hydrogens is 426 g/mol.